The molecule has 2 amide bonds. The van der Waals surface area contributed by atoms with Gasteiger partial charge >= 0.3 is 5.69 Å². The van der Waals surface area contributed by atoms with E-state index in [9.17, 15) is 23.2 Å². The molecule has 0 aliphatic heterocycles. The van der Waals surface area contributed by atoms with Gasteiger partial charge in [0.25, 0.3) is 0 Å². The van der Waals surface area contributed by atoms with Gasteiger partial charge in [-0.05, 0) is 18.6 Å². The summed E-state index contributed by atoms with van der Waals surface area (Å²) in [6.45, 7) is 0.526. The van der Waals surface area contributed by atoms with Crippen LogP contribution in [0.1, 0.15) is 6.42 Å². The maximum atomic E-state index is 13.1. The normalized spacial score (nSPS) is 10.7. The molecule has 9 nitrogen and oxygen atoms in total. The highest BCUT2D eigenvalue weighted by molar-refractivity contribution is 7.99. The van der Waals surface area contributed by atoms with Gasteiger partial charge in [-0.2, -0.15) is 0 Å². The van der Waals surface area contributed by atoms with E-state index in [-0.39, 0.29) is 23.7 Å². The quantitative estimate of drug-likeness (QED) is 0.389. The lowest BCUT2D eigenvalue weighted by molar-refractivity contribution is -0.122. The summed E-state index contributed by atoms with van der Waals surface area (Å²) in [6, 6.07) is 2.93. The van der Waals surface area contributed by atoms with Gasteiger partial charge in [-0.3, -0.25) is 14.2 Å². The van der Waals surface area contributed by atoms with Gasteiger partial charge in [0.05, 0.1) is 12.3 Å². The summed E-state index contributed by atoms with van der Waals surface area (Å²) >= 11 is 1.04. The zero-order valence-electron chi connectivity index (χ0n) is 15.0. The fourth-order valence-electron chi connectivity index (χ4n) is 2.12. The van der Waals surface area contributed by atoms with Crippen molar-refractivity contribution in [1.29, 1.82) is 0 Å². The molecule has 0 aliphatic rings. The van der Waals surface area contributed by atoms with E-state index in [1.165, 1.54) is 10.6 Å². The van der Waals surface area contributed by atoms with Crippen LogP contribution in [0.25, 0.3) is 0 Å². The van der Waals surface area contributed by atoms with E-state index in [0.29, 0.717) is 24.7 Å². The number of aromatic nitrogens is 3. The number of carbonyl (C=O) groups is 2. The number of nitrogens with zero attached hydrogens (tertiary/aromatic N) is 2. The fraction of sp³-hybridized carbons (Fsp3) is 0.375. The van der Waals surface area contributed by atoms with E-state index in [1.807, 2.05) is 0 Å². The molecule has 0 saturated carbocycles. The predicted octanol–water partition coefficient (Wildman–Crippen LogP) is 0.733. The Labute approximate surface area is 162 Å². The third kappa shape index (κ3) is 6.46. The van der Waals surface area contributed by atoms with Crippen LogP contribution in [0.2, 0.25) is 0 Å². The largest absolute Gasteiger partial charge is 0.385 e. The Kier molecular flexibility index (Phi) is 8.14. The van der Waals surface area contributed by atoms with Crippen molar-refractivity contribution in [3.8, 4) is 0 Å². The molecule has 1 aromatic carbocycles. The highest BCUT2D eigenvalue weighted by Crippen LogP contribution is 2.14. The van der Waals surface area contributed by atoms with Crippen LogP contribution < -0.4 is 16.3 Å². The number of nitrogens with one attached hydrogen (secondary N) is 3. The number of carbonyl (C=O) groups excluding carboxylic acids is 2. The minimum atomic E-state index is -1.09. The van der Waals surface area contributed by atoms with E-state index in [1.54, 1.807) is 7.11 Å². The fourth-order valence-corrected chi connectivity index (χ4v) is 2.92. The first-order chi connectivity index (χ1) is 13.4. The smallest absolute Gasteiger partial charge is 0.343 e. The summed E-state index contributed by atoms with van der Waals surface area (Å²) in [5.41, 5.74) is -0.311. The molecular weight excluding hydrogens is 396 g/mol. The number of methoxy groups -OCH3 is 1. The number of benzene rings is 1. The van der Waals surface area contributed by atoms with E-state index >= 15 is 0 Å². The lowest BCUT2D eigenvalue weighted by atomic mass is 10.3. The number of thioether (sulfide) groups is 1. The van der Waals surface area contributed by atoms with Crippen LogP contribution in [0.3, 0.4) is 0 Å². The van der Waals surface area contributed by atoms with Crippen molar-refractivity contribution in [1.82, 2.24) is 20.1 Å². The summed E-state index contributed by atoms with van der Waals surface area (Å²) in [4.78, 5) is 35.4. The minimum absolute atomic E-state index is 0.0625. The Hall–Kier alpha value is -2.73. The van der Waals surface area contributed by atoms with Crippen molar-refractivity contribution >= 4 is 29.3 Å². The van der Waals surface area contributed by atoms with Crippen LogP contribution >= 0.6 is 11.8 Å². The topological polar surface area (TPSA) is 118 Å². The first-order valence-electron chi connectivity index (χ1n) is 8.19. The van der Waals surface area contributed by atoms with Gasteiger partial charge in [-0.25, -0.2) is 18.7 Å². The molecule has 0 spiro atoms. The molecule has 0 aliphatic carbocycles. The molecule has 0 unspecified atom stereocenters. The van der Waals surface area contributed by atoms with Gasteiger partial charge in [-0.15, -0.1) is 5.10 Å². The van der Waals surface area contributed by atoms with E-state index in [2.05, 4.69) is 20.8 Å². The maximum Gasteiger partial charge on any atom is 0.343 e. The second kappa shape index (κ2) is 10.6. The van der Waals surface area contributed by atoms with Crippen molar-refractivity contribution in [3.05, 3.63) is 40.3 Å². The Morgan fingerprint density at radius 1 is 1.29 bits per heavy atom. The number of ether oxygens (including phenoxy) is 1. The second-order valence-electron chi connectivity index (χ2n) is 5.55. The van der Waals surface area contributed by atoms with Crippen LogP contribution in [0, 0.1) is 11.6 Å². The molecule has 152 valence electrons. The number of amides is 2. The molecule has 1 heterocycles. The monoisotopic (exact) mass is 415 g/mol. The molecule has 0 saturated heterocycles. The summed E-state index contributed by atoms with van der Waals surface area (Å²) in [5, 5.41) is 11.3. The second-order valence-corrected chi connectivity index (χ2v) is 6.49. The van der Waals surface area contributed by atoms with E-state index in [0.717, 1.165) is 23.9 Å². The number of H-pyrrole nitrogens is 1. The maximum absolute atomic E-state index is 13.1. The average Bonchev–Trinajstić information content (AvgIpc) is 3.01. The Morgan fingerprint density at radius 3 is 2.79 bits per heavy atom. The van der Waals surface area contributed by atoms with Crippen molar-refractivity contribution in [2.24, 2.45) is 0 Å². The standard InChI is InChI=1S/C16H19F2N5O4S/c1-27-6-2-5-23-15(26)21-22-16(23)28-9-14(25)19-8-13(24)20-10-3-4-11(17)12(18)7-10/h3-4,7H,2,5-6,8-9H2,1H3,(H,19,25)(H,20,24)(H,21,26). The number of hydrogen-bond donors (Lipinski definition) is 3. The van der Waals surface area contributed by atoms with Gasteiger partial charge in [-0.1, -0.05) is 11.8 Å². The van der Waals surface area contributed by atoms with Crippen molar-refractivity contribution in [2.45, 2.75) is 18.1 Å². The lowest BCUT2D eigenvalue weighted by Crippen LogP contribution is -2.34. The van der Waals surface area contributed by atoms with E-state index < -0.39 is 23.4 Å². The van der Waals surface area contributed by atoms with Crippen molar-refractivity contribution in [2.75, 3.05) is 31.3 Å². The molecular formula is C16H19F2N5O4S. The molecule has 12 heteroatoms. The highest BCUT2D eigenvalue weighted by atomic mass is 32.2. The number of hydrogen-bond acceptors (Lipinski definition) is 6. The van der Waals surface area contributed by atoms with Crippen LogP contribution in [-0.2, 0) is 20.9 Å². The van der Waals surface area contributed by atoms with Crippen LogP contribution in [0.15, 0.2) is 28.2 Å². The summed E-state index contributed by atoms with van der Waals surface area (Å²) in [6.07, 6.45) is 0.611. The number of anilines is 1. The molecule has 1 aromatic heterocycles. The summed E-state index contributed by atoms with van der Waals surface area (Å²) in [7, 11) is 1.56. The summed E-state index contributed by atoms with van der Waals surface area (Å²) < 4.78 is 32.3. The Balaban J connectivity index is 1.77. The molecule has 2 aromatic rings. The van der Waals surface area contributed by atoms with Crippen molar-refractivity contribution < 1.29 is 23.1 Å². The third-order valence-electron chi connectivity index (χ3n) is 3.44. The van der Waals surface area contributed by atoms with Gasteiger partial charge in [0.2, 0.25) is 11.8 Å². The minimum Gasteiger partial charge on any atom is -0.385 e. The molecule has 0 atom stereocenters. The van der Waals surface area contributed by atoms with Crippen LogP contribution in [0.5, 0.6) is 0 Å². The Bertz CT molecular complexity index is 886. The van der Waals surface area contributed by atoms with Gasteiger partial charge in [0.1, 0.15) is 0 Å². The van der Waals surface area contributed by atoms with E-state index in [4.69, 9.17) is 4.74 Å². The van der Waals surface area contributed by atoms with Crippen LogP contribution in [0.4, 0.5) is 14.5 Å². The molecule has 2 rings (SSSR count). The lowest BCUT2D eigenvalue weighted by Gasteiger charge is -2.08. The third-order valence-corrected chi connectivity index (χ3v) is 4.41. The summed E-state index contributed by atoms with van der Waals surface area (Å²) in [5.74, 6) is -3.23. The number of rotatable bonds is 10. The number of aromatic amines is 1. The highest BCUT2D eigenvalue weighted by Gasteiger charge is 2.12. The first kappa shape index (κ1) is 21.6. The molecule has 0 bridgehead atoms. The zero-order chi connectivity index (χ0) is 20.5. The Morgan fingerprint density at radius 2 is 2.07 bits per heavy atom. The molecule has 3 N–H and O–H groups in total. The average molecular weight is 415 g/mol. The molecule has 0 fully saturated rings. The van der Waals surface area contributed by atoms with Crippen LogP contribution in [-0.4, -0.2) is 52.6 Å². The van der Waals surface area contributed by atoms with Crippen molar-refractivity contribution in [3.63, 3.8) is 0 Å². The number of halogens is 2. The van der Waals surface area contributed by atoms with Gasteiger partial charge < -0.3 is 15.4 Å². The molecule has 28 heavy (non-hydrogen) atoms. The van der Waals surface area contributed by atoms with Gasteiger partial charge in [0.15, 0.2) is 16.8 Å². The SMILES string of the molecule is COCCCn1c(SCC(=O)NCC(=O)Nc2ccc(F)c(F)c2)n[nH]c1=O. The molecule has 0 radical (unpaired) electrons. The van der Waals surface area contributed by atoms with Gasteiger partial charge in [0, 0.05) is 32.0 Å². The first-order valence-corrected chi connectivity index (χ1v) is 9.18. The predicted molar refractivity (Wildman–Crippen MR) is 98.1 cm³/mol. The zero-order valence-corrected chi connectivity index (χ0v) is 15.8.